The summed E-state index contributed by atoms with van der Waals surface area (Å²) in [5, 5.41) is 3.17. The Labute approximate surface area is 121 Å². The van der Waals surface area contributed by atoms with Crippen LogP contribution in [0.4, 0.5) is 10.1 Å². The van der Waals surface area contributed by atoms with E-state index < -0.39 is 15.8 Å². The van der Waals surface area contributed by atoms with Crippen molar-refractivity contribution < 1.29 is 12.8 Å². The molecule has 0 aromatic heterocycles. The molecule has 1 aromatic carbocycles. The van der Waals surface area contributed by atoms with Gasteiger partial charge < -0.3 is 5.32 Å². The molecule has 0 amide bonds. The Balaban J connectivity index is 2.03. The maximum Gasteiger partial charge on any atom is 0.233 e. The molecule has 19 heavy (non-hydrogen) atoms. The molecule has 2 N–H and O–H groups in total. The number of rotatable bonds is 4. The minimum Gasteiger partial charge on any atom is -0.316 e. The zero-order valence-electron chi connectivity index (χ0n) is 10.3. The van der Waals surface area contributed by atoms with Crippen LogP contribution >= 0.6 is 15.9 Å². The van der Waals surface area contributed by atoms with Crippen molar-refractivity contribution in [1.29, 1.82) is 0 Å². The molecule has 0 bridgehead atoms. The minimum absolute atomic E-state index is 0.00744. The van der Waals surface area contributed by atoms with E-state index in [2.05, 4.69) is 26.0 Å². The second-order valence-corrected chi connectivity index (χ2v) is 7.40. The Kier molecular flexibility index (Phi) is 4.81. The Morgan fingerprint density at radius 1 is 1.47 bits per heavy atom. The molecule has 1 saturated heterocycles. The summed E-state index contributed by atoms with van der Waals surface area (Å²) in [6.45, 7) is 1.63. The number of anilines is 1. The van der Waals surface area contributed by atoms with Crippen molar-refractivity contribution in [3.05, 3.63) is 28.5 Å². The number of benzene rings is 1. The van der Waals surface area contributed by atoms with Gasteiger partial charge in [0.15, 0.2) is 0 Å². The Morgan fingerprint density at radius 3 is 2.89 bits per heavy atom. The molecule has 2 rings (SSSR count). The average Bonchev–Trinajstić information content (AvgIpc) is 2.33. The number of hydrogen-bond acceptors (Lipinski definition) is 3. The number of sulfonamides is 1. The molecular weight excluding hydrogens is 335 g/mol. The maximum absolute atomic E-state index is 13.6. The first-order valence-corrected chi connectivity index (χ1v) is 8.57. The highest BCUT2D eigenvalue weighted by Crippen LogP contribution is 2.21. The highest BCUT2D eigenvalue weighted by molar-refractivity contribution is 9.10. The van der Waals surface area contributed by atoms with Gasteiger partial charge in [0, 0.05) is 4.47 Å². The number of piperidine rings is 1. The lowest BCUT2D eigenvalue weighted by molar-refractivity contribution is 0.404. The predicted molar refractivity (Wildman–Crippen MR) is 77.1 cm³/mol. The van der Waals surface area contributed by atoms with Gasteiger partial charge in [0.05, 0.1) is 11.4 Å². The largest absolute Gasteiger partial charge is 0.316 e. The van der Waals surface area contributed by atoms with Crippen LogP contribution in [-0.2, 0) is 10.0 Å². The summed E-state index contributed by atoms with van der Waals surface area (Å²) in [5.74, 6) is -0.473. The van der Waals surface area contributed by atoms with Crippen molar-refractivity contribution in [2.45, 2.75) is 12.8 Å². The van der Waals surface area contributed by atoms with E-state index in [0.717, 1.165) is 19.4 Å². The standard InChI is InChI=1S/C12H16BrFN2O2S/c13-10-3-4-12(11(14)6-10)16-19(17,18)8-9-2-1-5-15-7-9/h3-4,6,9,15-16H,1-2,5,7-8H2. The third kappa shape index (κ3) is 4.43. The molecule has 0 spiro atoms. The zero-order chi connectivity index (χ0) is 13.9. The molecule has 0 aliphatic carbocycles. The van der Waals surface area contributed by atoms with Crippen LogP contribution in [0.15, 0.2) is 22.7 Å². The summed E-state index contributed by atoms with van der Waals surface area (Å²) in [6, 6.07) is 4.25. The van der Waals surface area contributed by atoms with Crippen LogP contribution < -0.4 is 10.0 Å². The smallest absolute Gasteiger partial charge is 0.233 e. The summed E-state index contributed by atoms with van der Waals surface area (Å²) in [6.07, 6.45) is 1.86. The Hall–Kier alpha value is -0.660. The van der Waals surface area contributed by atoms with E-state index in [1.807, 2.05) is 0 Å². The topological polar surface area (TPSA) is 58.2 Å². The molecule has 1 unspecified atom stereocenters. The number of halogens is 2. The molecule has 1 aromatic rings. The van der Waals surface area contributed by atoms with Crippen LogP contribution in [0.3, 0.4) is 0 Å². The van der Waals surface area contributed by atoms with Crippen LogP contribution in [0.25, 0.3) is 0 Å². The molecule has 1 aliphatic rings. The lowest BCUT2D eigenvalue weighted by Crippen LogP contribution is -2.35. The van der Waals surface area contributed by atoms with Gasteiger partial charge in [-0.25, -0.2) is 12.8 Å². The fraction of sp³-hybridized carbons (Fsp3) is 0.500. The van der Waals surface area contributed by atoms with Gasteiger partial charge in [-0.3, -0.25) is 4.72 Å². The van der Waals surface area contributed by atoms with E-state index in [1.54, 1.807) is 6.07 Å². The number of hydrogen-bond donors (Lipinski definition) is 2. The lowest BCUT2D eigenvalue weighted by atomic mass is 10.0. The molecule has 4 nitrogen and oxygen atoms in total. The van der Waals surface area contributed by atoms with Gasteiger partial charge in [-0.05, 0) is 50.0 Å². The molecule has 1 aliphatic heterocycles. The van der Waals surface area contributed by atoms with Crippen molar-refractivity contribution in [2.24, 2.45) is 5.92 Å². The van der Waals surface area contributed by atoms with E-state index in [4.69, 9.17) is 0 Å². The van der Waals surface area contributed by atoms with Gasteiger partial charge >= 0.3 is 0 Å². The molecule has 1 atom stereocenters. The van der Waals surface area contributed by atoms with Crippen LogP contribution in [0.2, 0.25) is 0 Å². The van der Waals surface area contributed by atoms with Crippen LogP contribution in [0.1, 0.15) is 12.8 Å². The summed E-state index contributed by atoms with van der Waals surface area (Å²) < 4.78 is 40.4. The van der Waals surface area contributed by atoms with E-state index >= 15 is 0 Å². The van der Waals surface area contributed by atoms with Gasteiger partial charge in [-0.15, -0.1) is 0 Å². The zero-order valence-corrected chi connectivity index (χ0v) is 12.7. The minimum atomic E-state index is -3.51. The van der Waals surface area contributed by atoms with E-state index in [1.165, 1.54) is 12.1 Å². The quantitative estimate of drug-likeness (QED) is 0.876. The lowest BCUT2D eigenvalue weighted by Gasteiger charge is -2.22. The molecule has 1 heterocycles. The second kappa shape index (κ2) is 6.19. The normalized spacial score (nSPS) is 20.2. The number of nitrogens with one attached hydrogen (secondary N) is 2. The molecule has 0 radical (unpaired) electrons. The van der Waals surface area contributed by atoms with Gasteiger partial charge in [-0.2, -0.15) is 0 Å². The first-order chi connectivity index (χ1) is 8.96. The predicted octanol–water partition coefficient (Wildman–Crippen LogP) is 2.33. The van der Waals surface area contributed by atoms with Gasteiger partial charge in [0.2, 0.25) is 10.0 Å². The SMILES string of the molecule is O=S(=O)(CC1CCCNC1)Nc1ccc(Br)cc1F. The van der Waals surface area contributed by atoms with Gasteiger partial charge in [0.25, 0.3) is 0 Å². The summed E-state index contributed by atoms with van der Waals surface area (Å²) in [4.78, 5) is 0. The average molecular weight is 351 g/mol. The molecule has 7 heteroatoms. The van der Waals surface area contributed by atoms with Crippen LogP contribution in [0.5, 0.6) is 0 Å². The summed E-state index contributed by atoms with van der Waals surface area (Å²) in [5.41, 5.74) is -0.00744. The molecule has 0 saturated carbocycles. The molecule has 106 valence electrons. The monoisotopic (exact) mass is 350 g/mol. The van der Waals surface area contributed by atoms with Gasteiger partial charge in [-0.1, -0.05) is 15.9 Å². The van der Waals surface area contributed by atoms with Crippen molar-refractivity contribution in [3.8, 4) is 0 Å². The fourth-order valence-electron chi connectivity index (χ4n) is 2.16. The second-order valence-electron chi connectivity index (χ2n) is 4.72. The molecule has 1 fully saturated rings. The van der Waals surface area contributed by atoms with E-state index in [0.29, 0.717) is 11.0 Å². The van der Waals surface area contributed by atoms with Crippen molar-refractivity contribution >= 4 is 31.6 Å². The Bertz CT molecular complexity index is 545. The highest BCUT2D eigenvalue weighted by Gasteiger charge is 2.22. The summed E-state index contributed by atoms with van der Waals surface area (Å²) >= 11 is 3.13. The maximum atomic E-state index is 13.6. The molecular formula is C12H16BrFN2O2S. The van der Waals surface area contributed by atoms with Crippen LogP contribution in [0, 0.1) is 11.7 Å². The first-order valence-electron chi connectivity index (χ1n) is 6.12. The third-order valence-corrected chi connectivity index (χ3v) is 4.99. The Morgan fingerprint density at radius 2 is 2.26 bits per heavy atom. The van der Waals surface area contributed by atoms with Crippen molar-refractivity contribution in [3.63, 3.8) is 0 Å². The van der Waals surface area contributed by atoms with Crippen molar-refractivity contribution in [1.82, 2.24) is 5.32 Å². The van der Waals surface area contributed by atoms with E-state index in [9.17, 15) is 12.8 Å². The van der Waals surface area contributed by atoms with Crippen LogP contribution in [-0.4, -0.2) is 27.3 Å². The summed E-state index contributed by atoms with van der Waals surface area (Å²) in [7, 11) is -3.51. The van der Waals surface area contributed by atoms with Crippen molar-refractivity contribution in [2.75, 3.05) is 23.6 Å². The first kappa shape index (κ1) is 14.7. The highest BCUT2D eigenvalue weighted by atomic mass is 79.9. The van der Waals surface area contributed by atoms with Gasteiger partial charge in [0.1, 0.15) is 5.82 Å². The third-order valence-electron chi connectivity index (χ3n) is 3.05. The fourth-order valence-corrected chi connectivity index (χ4v) is 3.98. The van der Waals surface area contributed by atoms with E-state index in [-0.39, 0.29) is 17.4 Å².